The number of carbonyl (C=O) groups is 1. The van der Waals surface area contributed by atoms with E-state index in [-0.39, 0.29) is 6.54 Å². The van der Waals surface area contributed by atoms with Gasteiger partial charge in [-0.3, -0.25) is 4.98 Å². The zero-order valence-corrected chi connectivity index (χ0v) is 14.0. The average molecular weight is 362 g/mol. The van der Waals surface area contributed by atoms with Crippen LogP contribution in [-0.4, -0.2) is 28.3 Å². The van der Waals surface area contributed by atoms with Gasteiger partial charge in [-0.2, -0.15) is 18.3 Å². The van der Waals surface area contributed by atoms with E-state index < -0.39 is 17.8 Å². The van der Waals surface area contributed by atoms with Crippen molar-refractivity contribution in [2.45, 2.75) is 26.1 Å². The van der Waals surface area contributed by atoms with Gasteiger partial charge in [0, 0.05) is 12.6 Å². The molecule has 1 aliphatic rings. The summed E-state index contributed by atoms with van der Waals surface area (Å²) in [6.45, 7) is 2.48. The van der Waals surface area contributed by atoms with Crippen LogP contribution in [0.5, 0.6) is 0 Å². The molecular formula is C18H17F3N4O. The summed E-state index contributed by atoms with van der Waals surface area (Å²) in [7, 11) is 0. The van der Waals surface area contributed by atoms with E-state index in [0.717, 1.165) is 29.1 Å². The molecule has 0 unspecified atom stereocenters. The van der Waals surface area contributed by atoms with Gasteiger partial charge in [0.15, 0.2) is 0 Å². The number of aromatic nitrogens is 1. The number of benzene rings is 1. The number of pyridine rings is 1. The van der Waals surface area contributed by atoms with E-state index in [9.17, 15) is 18.0 Å². The number of alkyl halides is 3. The standard InChI is InChI=1S/C18H17F3N4O/c1-12-2-4-13(5-3-12)16-8-9-25(24-16)17(26)23-11-15-7-6-14(10-22-15)18(19,20)21/h2-7,10H,8-9,11H2,1H3,(H,23,26). The van der Waals surface area contributed by atoms with Crippen molar-refractivity contribution in [1.82, 2.24) is 15.3 Å². The summed E-state index contributed by atoms with van der Waals surface area (Å²) in [5, 5.41) is 8.25. The molecule has 1 N–H and O–H groups in total. The van der Waals surface area contributed by atoms with Gasteiger partial charge in [-0.15, -0.1) is 0 Å². The van der Waals surface area contributed by atoms with Crippen LogP contribution in [0.1, 0.15) is 28.8 Å². The normalized spacial score (nSPS) is 14.3. The molecule has 0 radical (unpaired) electrons. The molecule has 0 fully saturated rings. The first kappa shape index (κ1) is 17.9. The van der Waals surface area contributed by atoms with Gasteiger partial charge in [0.25, 0.3) is 0 Å². The number of nitrogens with one attached hydrogen (secondary N) is 1. The van der Waals surface area contributed by atoms with Gasteiger partial charge >= 0.3 is 12.2 Å². The second-order valence-corrected chi connectivity index (χ2v) is 5.98. The maximum absolute atomic E-state index is 12.5. The third-order valence-corrected chi connectivity index (χ3v) is 3.99. The Bertz CT molecular complexity index is 814. The smallest absolute Gasteiger partial charge is 0.331 e. The molecule has 2 heterocycles. The number of rotatable bonds is 3. The fourth-order valence-corrected chi connectivity index (χ4v) is 2.51. The Morgan fingerprint density at radius 1 is 1.19 bits per heavy atom. The highest BCUT2D eigenvalue weighted by Gasteiger charge is 2.30. The van der Waals surface area contributed by atoms with Crippen molar-refractivity contribution < 1.29 is 18.0 Å². The molecule has 1 aliphatic heterocycles. The molecule has 0 saturated carbocycles. The number of hydrogen-bond donors (Lipinski definition) is 1. The van der Waals surface area contributed by atoms with E-state index in [2.05, 4.69) is 15.4 Å². The van der Waals surface area contributed by atoms with Crippen molar-refractivity contribution in [1.29, 1.82) is 0 Å². The molecule has 1 aromatic heterocycles. The van der Waals surface area contributed by atoms with Gasteiger partial charge in [-0.05, 0) is 24.6 Å². The van der Waals surface area contributed by atoms with Gasteiger partial charge in [0.1, 0.15) is 0 Å². The van der Waals surface area contributed by atoms with Crippen molar-refractivity contribution in [2.75, 3.05) is 6.54 Å². The van der Waals surface area contributed by atoms with E-state index in [1.807, 2.05) is 31.2 Å². The lowest BCUT2D eigenvalue weighted by Crippen LogP contribution is -2.35. The molecule has 136 valence electrons. The van der Waals surface area contributed by atoms with E-state index in [1.165, 1.54) is 11.1 Å². The van der Waals surface area contributed by atoms with E-state index in [0.29, 0.717) is 18.7 Å². The van der Waals surface area contributed by atoms with Crippen LogP contribution in [0.15, 0.2) is 47.7 Å². The minimum absolute atomic E-state index is 0.0306. The predicted octanol–water partition coefficient (Wildman–Crippen LogP) is 3.73. The minimum atomic E-state index is -4.43. The Balaban J connectivity index is 1.58. The Kier molecular flexibility index (Phi) is 4.92. The molecule has 8 heteroatoms. The number of halogens is 3. The van der Waals surface area contributed by atoms with Crippen LogP contribution in [-0.2, 0) is 12.7 Å². The first-order chi connectivity index (χ1) is 12.3. The molecular weight excluding hydrogens is 345 g/mol. The number of amides is 2. The van der Waals surface area contributed by atoms with E-state index in [4.69, 9.17) is 0 Å². The summed E-state index contributed by atoms with van der Waals surface area (Å²) in [5.74, 6) is 0. The summed E-state index contributed by atoms with van der Waals surface area (Å²) in [4.78, 5) is 15.9. The highest BCUT2D eigenvalue weighted by molar-refractivity contribution is 6.02. The highest BCUT2D eigenvalue weighted by Crippen LogP contribution is 2.28. The van der Waals surface area contributed by atoms with Crippen molar-refractivity contribution in [3.05, 3.63) is 65.0 Å². The minimum Gasteiger partial charge on any atom is -0.331 e. The van der Waals surface area contributed by atoms with Gasteiger partial charge in [0.05, 0.1) is 30.1 Å². The number of nitrogens with zero attached hydrogens (tertiary/aromatic N) is 3. The topological polar surface area (TPSA) is 57.6 Å². The Labute approximate surface area is 148 Å². The summed E-state index contributed by atoms with van der Waals surface area (Å²) in [6.07, 6.45) is -3.02. The predicted molar refractivity (Wildman–Crippen MR) is 90.5 cm³/mol. The molecule has 0 spiro atoms. The summed E-state index contributed by atoms with van der Waals surface area (Å²) in [5.41, 5.74) is 2.46. The maximum Gasteiger partial charge on any atom is 0.417 e. The van der Waals surface area contributed by atoms with Crippen molar-refractivity contribution >= 4 is 11.7 Å². The van der Waals surface area contributed by atoms with Gasteiger partial charge in [-0.1, -0.05) is 29.8 Å². The highest BCUT2D eigenvalue weighted by atomic mass is 19.4. The van der Waals surface area contributed by atoms with E-state index >= 15 is 0 Å². The lowest BCUT2D eigenvalue weighted by atomic mass is 10.1. The first-order valence-electron chi connectivity index (χ1n) is 8.05. The summed E-state index contributed by atoms with van der Waals surface area (Å²) in [6, 6.07) is 9.66. The second-order valence-electron chi connectivity index (χ2n) is 5.98. The van der Waals surface area contributed by atoms with E-state index in [1.54, 1.807) is 0 Å². The number of aryl methyl sites for hydroxylation is 1. The molecule has 0 saturated heterocycles. The fourth-order valence-electron chi connectivity index (χ4n) is 2.51. The fraction of sp³-hybridized carbons (Fsp3) is 0.278. The van der Waals surface area contributed by atoms with Crippen LogP contribution >= 0.6 is 0 Å². The van der Waals surface area contributed by atoms with Crippen molar-refractivity contribution in [2.24, 2.45) is 5.10 Å². The van der Waals surface area contributed by atoms with Gasteiger partial charge in [0.2, 0.25) is 0 Å². The lowest BCUT2D eigenvalue weighted by molar-refractivity contribution is -0.137. The molecule has 0 bridgehead atoms. The third-order valence-electron chi connectivity index (χ3n) is 3.99. The van der Waals surface area contributed by atoms with Crippen molar-refractivity contribution in [3.63, 3.8) is 0 Å². The van der Waals surface area contributed by atoms with Gasteiger partial charge < -0.3 is 5.32 Å². The number of hydrazone groups is 1. The SMILES string of the molecule is Cc1ccc(C2=NN(C(=O)NCc3ccc(C(F)(F)F)cn3)CC2)cc1. The third kappa shape index (κ3) is 4.19. The monoisotopic (exact) mass is 362 g/mol. The summed E-state index contributed by atoms with van der Waals surface area (Å²) >= 11 is 0. The Morgan fingerprint density at radius 3 is 2.54 bits per heavy atom. The molecule has 0 aliphatic carbocycles. The maximum atomic E-state index is 12.5. The Hall–Kier alpha value is -2.90. The summed E-state index contributed by atoms with van der Waals surface area (Å²) < 4.78 is 37.5. The van der Waals surface area contributed by atoms with Crippen molar-refractivity contribution in [3.8, 4) is 0 Å². The zero-order chi connectivity index (χ0) is 18.7. The zero-order valence-electron chi connectivity index (χ0n) is 14.0. The Morgan fingerprint density at radius 2 is 1.92 bits per heavy atom. The van der Waals surface area contributed by atoms with Crippen LogP contribution in [0.4, 0.5) is 18.0 Å². The first-order valence-corrected chi connectivity index (χ1v) is 8.05. The molecule has 5 nitrogen and oxygen atoms in total. The molecule has 3 rings (SSSR count). The number of carbonyl (C=O) groups excluding carboxylic acids is 1. The lowest BCUT2D eigenvalue weighted by Gasteiger charge is -2.13. The number of urea groups is 1. The van der Waals surface area contributed by atoms with Crippen LogP contribution in [0.3, 0.4) is 0 Å². The van der Waals surface area contributed by atoms with Crippen LogP contribution < -0.4 is 5.32 Å². The molecule has 2 amide bonds. The number of hydrogen-bond acceptors (Lipinski definition) is 3. The largest absolute Gasteiger partial charge is 0.417 e. The van der Waals surface area contributed by atoms with Crippen LogP contribution in [0, 0.1) is 6.92 Å². The van der Waals surface area contributed by atoms with Gasteiger partial charge in [-0.25, -0.2) is 9.80 Å². The molecule has 1 aromatic carbocycles. The molecule has 26 heavy (non-hydrogen) atoms. The van der Waals surface area contributed by atoms with Crippen LogP contribution in [0.2, 0.25) is 0 Å². The second kappa shape index (κ2) is 7.15. The van der Waals surface area contributed by atoms with Crippen LogP contribution in [0.25, 0.3) is 0 Å². The molecule has 0 atom stereocenters. The quantitative estimate of drug-likeness (QED) is 0.905. The molecule has 2 aromatic rings. The average Bonchev–Trinajstić information content (AvgIpc) is 3.10.